The van der Waals surface area contributed by atoms with Gasteiger partial charge in [0.05, 0.1) is 5.69 Å². The van der Waals surface area contributed by atoms with Crippen LogP contribution in [0.4, 0.5) is 21.6 Å². The quantitative estimate of drug-likeness (QED) is 0.438. The average molecular weight is 421 g/mol. The SMILES string of the molecule is CC(C)c1ccc2c(Nc3ccc(I)cc3F)nccc2c1N. The lowest BCUT2D eigenvalue weighted by atomic mass is 9.97. The van der Waals surface area contributed by atoms with E-state index in [4.69, 9.17) is 5.73 Å². The summed E-state index contributed by atoms with van der Waals surface area (Å²) in [4.78, 5) is 4.35. The van der Waals surface area contributed by atoms with Crippen molar-refractivity contribution in [1.82, 2.24) is 4.98 Å². The molecule has 0 bridgehead atoms. The van der Waals surface area contributed by atoms with E-state index in [1.807, 2.05) is 24.3 Å². The topological polar surface area (TPSA) is 50.9 Å². The number of rotatable bonds is 3. The number of halogens is 2. The fourth-order valence-corrected chi connectivity index (χ4v) is 3.07. The Morgan fingerprint density at radius 3 is 2.61 bits per heavy atom. The predicted molar refractivity (Wildman–Crippen MR) is 103 cm³/mol. The van der Waals surface area contributed by atoms with Gasteiger partial charge in [-0.05, 0) is 58.3 Å². The zero-order valence-electron chi connectivity index (χ0n) is 12.9. The van der Waals surface area contributed by atoms with Crippen molar-refractivity contribution in [3.8, 4) is 0 Å². The number of hydrogen-bond donors (Lipinski definition) is 2. The molecular formula is C18H17FIN3. The highest BCUT2D eigenvalue weighted by Gasteiger charge is 2.12. The highest BCUT2D eigenvalue weighted by atomic mass is 127. The number of nitrogen functional groups attached to an aromatic ring is 1. The second-order valence-electron chi connectivity index (χ2n) is 5.73. The summed E-state index contributed by atoms with van der Waals surface area (Å²) < 4.78 is 14.9. The lowest BCUT2D eigenvalue weighted by molar-refractivity contribution is 0.631. The van der Waals surface area contributed by atoms with Crippen molar-refractivity contribution in [2.75, 3.05) is 11.1 Å². The molecule has 3 rings (SSSR count). The van der Waals surface area contributed by atoms with Crippen molar-refractivity contribution in [1.29, 1.82) is 0 Å². The largest absolute Gasteiger partial charge is 0.398 e. The third-order valence-corrected chi connectivity index (χ3v) is 4.50. The van der Waals surface area contributed by atoms with E-state index in [2.05, 4.69) is 46.7 Å². The number of nitrogens with zero attached hydrogens (tertiary/aromatic N) is 1. The summed E-state index contributed by atoms with van der Waals surface area (Å²) in [5.41, 5.74) is 8.56. The van der Waals surface area contributed by atoms with Crippen molar-refractivity contribution < 1.29 is 4.39 Å². The number of nitrogens with one attached hydrogen (secondary N) is 1. The second kappa shape index (κ2) is 6.31. The van der Waals surface area contributed by atoms with Crippen molar-refractivity contribution in [3.05, 3.63) is 57.5 Å². The Balaban J connectivity index is 2.10. The molecule has 23 heavy (non-hydrogen) atoms. The van der Waals surface area contributed by atoms with Crippen LogP contribution in [-0.2, 0) is 0 Å². The summed E-state index contributed by atoms with van der Waals surface area (Å²) in [7, 11) is 0. The highest BCUT2D eigenvalue weighted by Crippen LogP contribution is 2.33. The standard InChI is InChI=1S/C18H17FIN3/c1-10(2)12-4-5-14-13(17(12)21)7-8-22-18(14)23-16-6-3-11(20)9-15(16)19/h3-10H,21H2,1-2H3,(H,22,23). The van der Waals surface area contributed by atoms with Gasteiger partial charge in [0.15, 0.2) is 0 Å². The summed E-state index contributed by atoms with van der Waals surface area (Å²) in [6, 6.07) is 10.9. The van der Waals surface area contributed by atoms with Crippen LogP contribution in [0.25, 0.3) is 10.8 Å². The average Bonchev–Trinajstić information content (AvgIpc) is 2.50. The first kappa shape index (κ1) is 16.0. The Hall–Kier alpha value is -1.89. The van der Waals surface area contributed by atoms with Gasteiger partial charge < -0.3 is 11.1 Å². The normalized spacial score (nSPS) is 11.2. The van der Waals surface area contributed by atoms with Crippen LogP contribution < -0.4 is 11.1 Å². The molecule has 0 atom stereocenters. The molecule has 0 aliphatic rings. The van der Waals surface area contributed by atoms with Crippen LogP contribution in [0.2, 0.25) is 0 Å². The highest BCUT2D eigenvalue weighted by molar-refractivity contribution is 14.1. The van der Waals surface area contributed by atoms with Crippen LogP contribution in [0.15, 0.2) is 42.6 Å². The number of nitrogens with two attached hydrogens (primary N) is 1. The minimum Gasteiger partial charge on any atom is -0.398 e. The van der Waals surface area contributed by atoms with Gasteiger partial charge in [0.25, 0.3) is 0 Å². The minimum absolute atomic E-state index is 0.303. The zero-order valence-corrected chi connectivity index (χ0v) is 15.1. The molecule has 0 aliphatic carbocycles. The maximum atomic E-state index is 14.1. The summed E-state index contributed by atoms with van der Waals surface area (Å²) in [5, 5.41) is 4.89. The summed E-state index contributed by atoms with van der Waals surface area (Å²) in [5.74, 6) is 0.643. The first-order valence-electron chi connectivity index (χ1n) is 7.36. The van der Waals surface area contributed by atoms with Crippen LogP contribution in [0.1, 0.15) is 25.3 Å². The first-order valence-corrected chi connectivity index (χ1v) is 8.44. The van der Waals surface area contributed by atoms with Crippen molar-refractivity contribution in [2.24, 2.45) is 0 Å². The van der Waals surface area contributed by atoms with Gasteiger partial charge in [-0.25, -0.2) is 9.37 Å². The van der Waals surface area contributed by atoms with Crippen LogP contribution in [0.3, 0.4) is 0 Å². The summed E-state index contributed by atoms with van der Waals surface area (Å²) >= 11 is 2.08. The number of aromatic nitrogens is 1. The first-order chi connectivity index (χ1) is 11.0. The maximum absolute atomic E-state index is 14.1. The Morgan fingerprint density at radius 1 is 1.13 bits per heavy atom. The van der Waals surface area contributed by atoms with E-state index in [1.54, 1.807) is 12.3 Å². The number of hydrogen-bond acceptors (Lipinski definition) is 3. The molecule has 118 valence electrons. The fraction of sp³-hybridized carbons (Fsp3) is 0.167. The number of benzene rings is 2. The van der Waals surface area contributed by atoms with Gasteiger partial charge in [0, 0.05) is 26.2 Å². The molecule has 1 heterocycles. The number of anilines is 3. The van der Waals surface area contributed by atoms with E-state index in [-0.39, 0.29) is 5.82 Å². The lowest BCUT2D eigenvalue weighted by Gasteiger charge is -2.15. The molecule has 2 aromatic carbocycles. The Labute approximate surface area is 148 Å². The molecule has 3 N–H and O–H groups in total. The van der Waals surface area contributed by atoms with Gasteiger partial charge in [-0.15, -0.1) is 0 Å². The Kier molecular flexibility index (Phi) is 4.39. The van der Waals surface area contributed by atoms with E-state index in [0.29, 0.717) is 17.4 Å². The molecule has 0 radical (unpaired) electrons. The Bertz CT molecular complexity index is 878. The smallest absolute Gasteiger partial charge is 0.147 e. The maximum Gasteiger partial charge on any atom is 0.147 e. The molecule has 3 aromatic rings. The van der Waals surface area contributed by atoms with Gasteiger partial charge in [0.2, 0.25) is 0 Å². The molecule has 5 heteroatoms. The minimum atomic E-state index is -0.303. The molecular weight excluding hydrogens is 404 g/mol. The third-order valence-electron chi connectivity index (χ3n) is 3.83. The fourth-order valence-electron chi connectivity index (χ4n) is 2.62. The molecule has 0 unspecified atom stereocenters. The van der Waals surface area contributed by atoms with Crippen molar-refractivity contribution >= 4 is 50.6 Å². The van der Waals surface area contributed by atoms with E-state index < -0.39 is 0 Å². The molecule has 0 amide bonds. The molecule has 0 saturated carbocycles. The van der Waals surface area contributed by atoms with E-state index in [9.17, 15) is 4.39 Å². The molecule has 1 aromatic heterocycles. The Morgan fingerprint density at radius 2 is 1.91 bits per heavy atom. The van der Waals surface area contributed by atoms with Gasteiger partial charge in [-0.2, -0.15) is 0 Å². The van der Waals surface area contributed by atoms with Gasteiger partial charge >= 0.3 is 0 Å². The lowest BCUT2D eigenvalue weighted by Crippen LogP contribution is -2.01. The van der Waals surface area contributed by atoms with E-state index >= 15 is 0 Å². The third kappa shape index (κ3) is 3.10. The monoisotopic (exact) mass is 421 g/mol. The van der Waals surface area contributed by atoms with Crippen LogP contribution in [-0.4, -0.2) is 4.98 Å². The molecule has 0 aliphatic heterocycles. The van der Waals surface area contributed by atoms with Crippen molar-refractivity contribution in [2.45, 2.75) is 19.8 Å². The summed E-state index contributed by atoms with van der Waals surface area (Å²) in [6.45, 7) is 4.22. The predicted octanol–water partition coefficient (Wildman–Crippen LogP) is 5.43. The zero-order chi connectivity index (χ0) is 16.6. The van der Waals surface area contributed by atoms with Crippen LogP contribution in [0.5, 0.6) is 0 Å². The van der Waals surface area contributed by atoms with Gasteiger partial charge in [-0.3, -0.25) is 0 Å². The molecule has 3 nitrogen and oxygen atoms in total. The van der Waals surface area contributed by atoms with Gasteiger partial charge in [-0.1, -0.05) is 26.0 Å². The molecule has 0 fully saturated rings. The molecule has 0 saturated heterocycles. The van der Waals surface area contributed by atoms with Crippen LogP contribution >= 0.6 is 22.6 Å². The van der Waals surface area contributed by atoms with E-state index in [1.165, 1.54) is 6.07 Å². The summed E-state index contributed by atoms with van der Waals surface area (Å²) in [6.07, 6.45) is 1.69. The van der Waals surface area contributed by atoms with Crippen LogP contribution in [0, 0.1) is 9.39 Å². The van der Waals surface area contributed by atoms with Gasteiger partial charge in [0.1, 0.15) is 11.6 Å². The number of fused-ring (bicyclic) bond motifs is 1. The van der Waals surface area contributed by atoms with Crippen molar-refractivity contribution in [3.63, 3.8) is 0 Å². The van der Waals surface area contributed by atoms with E-state index in [0.717, 1.165) is 25.6 Å². The second-order valence-corrected chi connectivity index (χ2v) is 6.97. The number of pyridine rings is 1. The molecule has 0 spiro atoms.